The van der Waals surface area contributed by atoms with Crippen molar-refractivity contribution < 1.29 is 4.79 Å². The topological polar surface area (TPSA) is 59.8 Å². The van der Waals surface area contributed by atoms with E-state index in [2.05, 4.69) is 10.4 Å². The van der Waals surface area contributed by atoms with Gasteiger partial charge >= 0.3 is 0 Å². The number of aryl methyl sites for hydroxylation is 1. The van der Waals surface area contributed by atoms with Crippen molar-refractivity contribution in [2.45, 2.75) is 45.4 Å². The first-order valence-electron chi connectivity index (χ1n) is 9.67. The Bertz CT molecular complexity index is 957. The van der Waals surface area contributed by atoms with E-state index in [0.717, 1.165) is 34.9 Å². The number of nitrogens with one attached hydrogen (secondary N) is 1. The lowest BCUT2D eigenvalue weighted by Crippen LogP contribution is -2.19. The summed E-state index contributed by atoms with van der Waals surface area (Å²) in [6.45, 7) is 1.92. The summed E-state index contributed by atoms with van der Waals surface area (Å²) in [5.41, 5.74) is 2.71. The van der Waals surface area contributed by atoms with E-state index < -0.39 is 0 Å². The van der Waals surface area contributed by atoms with Gasteiger partial charge in [-0.1, -0.05) is 43.0 Å². The molecule has 7 heteroatoms. The molecule has 0 aliphatic heterocycles. The molecule has 3 aromatic rings. The molecule has 2 heterocycles. The third-order valence-corrected chi connectivity index (χ3v) is 6.18. The normalized spacial score (nSPS) is 14.9. The van der Waals surface area contributed by atoms with Gasteiger partial charge in [0.15, 0.2) is 0 Å². The maximum Gasteiger partial charge on any atom is 0.225 e. The minimum Gasteiger partial charge on any atom is -0.310 e. The summed E-state index contributed by atoms with van der Waals surface area (Å²) in [5.74, 6) is 1.24. The lowest BCUT2D eigenvalue weighted by Gasteiger charge is -2.20. The number of hydrogen-bond donors (Lipinski definition) is 1. The monoisotopic (exact) mass is 414 g/mol. The predicted octanol–water partition coefficient (Wildman–Crippen LogP) is 5.87. The number of halogens is 1. The molecule has 0 atom stereocenters. The lowest BCUT2D eigenvalue weighted by molar-refractivity contribution is -0.117. The van der Waals surface area contributed by atoms with Crippen molar-refractivity contribution in [3.8, 4) is 16.4 Å². The van der Waals surface area contributed by atoms with Crippen LogP contribution in [0.15, 0.2) is 35.7 Å². The van der Waals surface area contributed by atoms with Crippen LogP contribution in [-0.2, 0) is 4.79 Å². The van der Waals surface area contributed by atoms with Crippen LogP contribution >= 0.6 is 22.9 Å². The van der Waals surface area contributed by atoms with Crippen molar-refractivity contribution in [1.82, 2.24) is 14.8 Å². The van der Waals surface area contributed by atoms with Crippen molar-refractivity contribution >= 4 is 34.7 Å². The van der Waals surface area contributed by atoms with E-state index in [4.69, 9.17) is 16.6 Å². The molecular formula is C21H23ClN4OS. The molecule has 1 fully saturated rings. The fourth-order valence-electron chi connectivity index (χ4n) is 3.70. The number of anilines is 1. The lowest BCUT2D eigenvalue weighted by atomic mass is 9.87. The van der Waals surface area contributed by atoms with E-state index in [0.29, 0.717) is 23.2 Å². The summed E-state index contributed by atoms with van der Waals surface area (Å²) < 4.78 is 1.72. The molecule has 4 rings (SSSR count). The van der Waals surface area contributed by atoms with Crippen LogP contribution in [0, 0.1) is 12.8 Å². The van der Waals surface area contributed by atoms with Gasteiger partial charge in [-0.15, -0.1) is 11.3 Å². The van der Waals surface area contributed by atoms with Crippen molar-refractivity contribution in [3.05, 3.63) is 46.4 Å². The molecule has 0 radical (unpaired) electrons. The van der Waals surface area contributed by atoms with Crippen LogP contribution in [0.25, 0.3) is 16.4 Å². The van der Waals surface area contributed by atoms with Crippen molar-refractivity contribution in [2.24, 2.45) is 5.92 Å². The van der Waals surface area contributed by atoms with Crippen molar-refractivity contribution in [2.75, 3.05) is 5.32 Å². The zero-order valence-corrected chi connectivity index (χ0v) is 17.4. The standard InChI is InChI=1S/C21H23ClN4OS/c1-14-11-19(24-20(27)12-15-5-3-2-4-6-15)26(25-14)21-23-18(13-28-21)16-7-9-17(22)10-8-16/h7-11,13,15H,2-6,12H2,1H3,(H,24,27). The predicted molar refractivity (Wildman–Crippen MR) is 114 cm³/mol. The highest BCUT2D eigenvalue weighted by Crippen LogP contribution is 2.29. The summed E-state index contributed by atoms with van der Waals surface area (Å²) in [7, 11) is 0. The summed E-state index contributed by atoms with van der Waals surface area (Å²) in [6.07, 6.45) is 6.66. The first-order chi connectivity index (χ1) is 13.6. The Morgan fingerprint density at radius 1 is 1.25 bits per heavy atom. The number of rotatable bonds is 5. The summed E-state index contributed by atoms with van der Waals surface area (Å²) >= 11 is 7.47. The van der Waals surface area contributed by atoms with Crippen molar-refractivity contribution in [1.29, 1.82) is 0 Å². The highest BCUT2D eigenvalue weighted by atomic mass is 35.5. The van der Waals surface area contributed by atoms with E-state index >= 15 is 0 Å². The van der Waals surface area contributed by atoms with Crippen molar-refractivity contribution in [3.63, 3.8) is 0 Å². The average molecular weight is 415 g/mol. The number of hydrogen-bond acceptors (Lipinski definition) is 4. The maximum atomic E-state index is 12.6. The van der Waals surface area contributed by atoms with Gasteiger partial charge in [-0.25, -0.2) is 4.98 Å². The quantitative estimate of drug-likeness (QED) is 0.568. The van der Waals surface area contributed by atoms with E-state index in [1.807, 2.05) is 42.6 Å². The number of thiazole rings is 1. The summed E-state index contributed by atoms with van der Waals surface area (Å²) in [5, 5.41) is 11.0. The third kappa shape index (κ3) is 4.45. The molecule has 146 valence electrons. The van der Waals surface area contributed by atoms with Crippen LogP contribution in [0.5, 0.6) is 0 Å². The first kappa shape index (κ1) is 19.2. The van der Waals surface area contributed by atoms with Gasteiger partial charge in [0.25, 0.3) is 0 Å². The first-order valence-corrected chi connectivity index (χ1v) is 10.9. The molecule has 1 aliphatic carbocycles. The largest absolute Gasteiger partial charge is 0.310 e. The Labute approximate surface area is 173 Å². The SMILES string of the molecule is Cc1cc(NC(=O)CC2CCCCC2)n(-c2nc(-c3ccc(Cl)cc3)cs2)n1. The Balaban J connectivity index is 1.51. The molecule has 28 heavy (non-hydrogen) atoms. The number of aromatic nitrogens is 3. The molecule has 1 N–H and O–H groups in total. The molecule has 2 aromatic heterocycles. The molecule has 1 aliphatic rings. The second-order valence-corrected chi connectivity index (χ2v) is 8.63. The van der Waals surface area contributed by atoms with E-state index in [9.17, 15) is 4.79 Å². The molecule has 5 nitrogen and oxygen atoms in total. The minimum atomic E-state index is 0.0579. The summed E-state index contributed by atoms with van der Waals surface area (Å²) in [6, 6.07) is 9.49. The highest BCUT2D eigenvalue weighted by molar-refractivity contribution is 7.12. The van der Waals surface area contributed by atoms with Gasteiger partial charge in [-0.2, -0.15) is 9.78 Å². The second kappa shape index (κ2) is 8.45. The Hall–Kier alpha value is -2.18. The van der Waals surface area contributed by atoms with E-state index in [-0.39, 0.29) is 5.91 Å². The molecule has 0 spiro atoms. The minimum absolute atomic E-state index is 0.0579. The van der Waals surface area contributed by atoms with Crippen LogP contribution in [0.3, 0.4) is 0 Å². The van der Waals surface area contributed by atoms with Crippen LogP contribution < -0.4 is 5.32 Å². The fourth-order valence-corrected chi connectivity index (χ4v) is 4.62. The fraction of sp³-hybridized carbons (Fsp3) is 0.381. The summed E-state index contributed by atoms with van der Waals surface area (Å²) in [4.78, 5) is 17.3. The number of nitrogens with zero attached hydrogens (tertiary/aromatic N) is 3. The Kier molecular flexibility index (Phi) is 5.78. The van der Waals surface area contributed by atoms with Crippen LogP contribution in [0.1, 0.15) is 44.2 Å². The molecular weight excluding hydrogens is 392 g/mol. The maximum absolute atomic E-state index is 12.6. The number of carbonyl (C=O) groups is 1. The molecule has 1 aromatic carbocycles. The van der Waals surface area contributed by atoms with Crippen LogP contribution in [0.4, 0.5) is 5.82 Å². The van der Waals surface area contributed by atoms with Gasteiger partial charge in [-0.05, 0) is 37.8 Å². The van der Waals surface area contributed by atoms with Gasteiger partial charge in [-0.3, -0.25) is 4.79 Å². The molecule has 1 saturated carbocycles. The van der Waals surface area contributed by atoms with Gasteiger partial charge < -0.3 is 5.32 Å². The smallest absolute Gasteiger partial charge is 0.225 e. The molecule has 0 saturated heterocycles. The van der Waals surface area contributed by atoms with Gasteiger partial charge in [0.05, 0.1) is 11.4 Å². The zero-order chi connectivity index (χ0) is 19.5. The third-order valence-electron chi connectivity index (χ3n) is 5.11. The van der Waals surface area contributed by atoms with E-state index in [1.165, 1.54) is 30.6 Å². The average Bonchev–Trinajstić information content (AvgIpc) is 3.30. The van der Waals surface area contributed by atoms with Crippen LogP contribution in [-0.4, -0.2) is 20.7 Å². The number of carbonyl (C=O) groups excluding carboxylic acids is 1. The Morgan fingerprint density at radius 3 is 2.75 bits per heavy atom. The zero-order valence-electron chi connectivity index (χ0n) is 15.8. The number of amides is 1. The van der Waals surface area contributed by atoms with Gasteiger partial charge in [0.1, 0.15) is 5.82 Å². The molecule has 1 amide bonds. The molecule has 0 unspecified atom stereocenters. The van der Waals surface area contributed by atoms with Gasteiger partial charge in [0.2, 0.25) is 11.0 Å². The number of benzene rings is 1. The highest BCUT2D eigenvalue weighted by Gasteiger charge is 2.19. The van der Waals surface area contributed by atoms with E-state index in [1.54, 1.807) is 4.68 Å². The molecule has 0 bridgehead atoms. The Morgan fingerprint density at radius 2 is 2.00 bits per heavy atom. The second-order valence-electron chi connectivity index (χ2n) is 7.36. The van der Waals surface area contributed by atoms with Gasteiger partial charge in [0, 0.05) is 28.5 Å². The van der Waals surface area contributed by atoms with Crippen LogP contribution in [0.2, 0.25) is 5.02 Å².